The second-order valence-electron chi connectivity index (χ2n) is 4.36. The molecule has 0 amide bonds. The van der Waals surface area contributed by atoms with Crippen LogP contribution in [0.25, 0.3) is 0 Å². The van der Waals surface area contributed by atoms with Gasteiger partial charge in [-0.25, -0.2) is 4.39 Å². The highest BCUT2D eigenvalue weighted by Gasteiger charge is 2.19. The smallest absolute Gasteiger partial charge is 0.142 e. The van der Waals surface area contributed by atoms with Gasteiger partial charge in [0.05, 0.1) is 5.02 Å². The summed E-state index contributed by atoms with van der Waals surface area (Å²) in [7, 11) is 0. The predicted octanol–water partition coefficient (Wildman–Crippen LogP) is 4.09. The van der Waals surface area contributed by atoms with Crippen LogP contribution in [0, 0.1) is 12.7 Å². The van der Waals surface area contributed by atoms with E-state index in [1.807, 2.05) is 33.8 Å². The Morgan fingerprint density at radius 3 is 2.23 bits per heavy atom. The summed E-state index contributed by atoms with van der Waals surface area (Å²) in [5.74, 6) is -0.327. The summed E-state index contributed by atoms with van der Waals surface area (Å²) >= 11 is 5.87. The molecule has 0 aromatic heterocycles. The first-order valence-electron chi connectivity index (χ1n) is 4.28. The van der Waals surface area contributed by atoms with Crippen molar-refractivity contribution in [3.05, 3.63) is 34.1 Å². The summed E-state index contributed by atoms with van der Waals surface area (Å²) in [6.45, 7) is 7.93. The molecule has 0 atom stereocenters. The molecule has 0 heterocycles. The molecule has 0 N–H and O–H groups in total. The van der Waals surface area contributed by atoms with Crippen LogP contribution in [-0.2, 0) is 5.41 Å². The van der Waals surface area contributed by atoms with E-state index in [2.05, 4.69) is 0 Å². The van der Waals surface area contributed by atoms with Crippen LogP contribution < -0.4 is 0 Å². The van der Waals surface area contributed by atoms with E-state index >= 15 is 0 Å². The zero-order valence-corrected chi connectivity index (χ0v) is 9.17. The molecular formula is C11H14ClF. The average molecular weight is 201 g/mol. The molecule has 0 saturated heterocycles. The van der Waals surface area contributed by atoms with Gasteiger partial charge >= 0.3 is 0 Å². The molecule has 0 fully saturated rings. The second kappa shape index (κ2) is 3.30. The Morgan fingerprint density at radius 2 is 1.77 bits per heavy atom. The molecule has 72 valence electrons. The minimum absolute atomic E-state index is 0.107. The summed E-state index contributed by atoms with van der Waals surface area (Å²) in [5.41, 5.74) is 1.67. The molecule has 0 spiro atoms. The fourth-order valence-corrected chi connectivity index (χ4v) is 1.66. The number of aryl methyl sites for hydroxylation is 1. The van der Waals surface area contributed by atoms with Crippen molar-refractivity contribution in [3.8, 4) is 0 Å². The molecule has 2 heteroatoms. The third-order valence-electron chi connectivity index (χ3n) is 1.98. The van der Waals surface area contributed by atoms with Gasteiger partial charge in [0.25, 0.3) is 0 Å². The highest BCUT2D eigenvalue weighted by Crippen LogP contribution is 2.31. The van der Waals surface area contributed by atoms with Crippen molar-refractivity contribution < 1.29 is 4.39 Å². The van der Waals surface area contributed by atoms with Gasteiger partial charge in [-0.15, -0.1) is 0 Å². The highest BCUT2D eigenvalue weighted by atomic mass is 35.5. The molecule has 0 nitrogen and oxygen atoms in total. The van der Waals surface area contributed by atoms with Gasteiger partial charge in [0.15, 0.2) is 0 Å². The maximum atomic E-state index is 13.2. The molecule has 0 radical (unpaired) electrons. The van der Waals surface area contributed by atoms with Gasteiger partial charge in [0.1, 0.15) is 5.82 Å². The molecule has 0 bridgehead atoms. The van der Waals surface area contributed by atoms with Crippen molar-refractivity contribution in [1.82, 2.24) is 0 Å². The lowest BCUT2D eigenvalue weighted by Gasteiger charge is -2.21. The van der Waals surface area contributed by atoms with Crippen LogP contribution in [0.5, 0.6) is 0 Å². The Kier molecular flexibility index (Phi) is 2.67. The topological polar surface area (TPSA) is 0 Å². The fourth-order valence-electron chi connectivity index (χ4n) is 1.27. The molecule has 0 saturated carbocycles. The van der Waals surface area contributed by atoms with E-state index in [9.17, 15) is 4.39 Å². The first-order chi connectivity index (χ1) is 5.82. The maximum Gasteiger partial charge on any atom is 0.142 e. The summed E-state index contributed by atoms with van der Waals surface area (Å²) < 4.78 is 13.2. The van der Waals surface area contributed by atoms with E-state index in [1.54, 1.807) is 0 Å². The molecule has 1 aromatic rings. The van der Waals surface area contributed by atoms with Crippen molar-refractivity contribution in [2.75, 3.05) is 0 Å². The van der Waals surface area contributed by atoms with Crippen molar-refractivity contribution in [1.29, 1.82) is 0 Å². The lowest BCUT2D eigenvalue weighted by molar-refractivity contribution is 0.571. The Balaban J connectivity index is 3.37. The van der Waals surface area contributed by atoms with Gasteiger partial charge in [-0.2, -0.15) is 0 Å². The van der Waals surface area contributed by atoms with E-state index in [0.29, 0.717) is 0 Å². The van der Waals surface area contributed by atoms with Crippen molar-refractivity contribution >= 4 is 11.6 Å². The zero-order chi connectivity index (χ0) is 10.2. The van der Waals surface area contributed by atoms with Crippen molar-refractivity contribution in [2.24, 2.45) is 0 Å². The van der Waals surface area contributed by atoms with Crippen LogP contribution in [0.1, 0.15) is 31.9 Å². The van der Waals surface area contributed by atoms with Crippen LogP contribution >= 0.6 is 11.6 Å². The first-order valence-corrected chi connectivity index (χ1v) is 4.66. The molecule has 1 rings (SSSR count). The third-order valence-corrected chi connectivity index (χ3v) is 2.36. The number of benzene rings is 1. The molecule has 0 unspecified atom stereocenters. The maximum absolute atomic E-state index is 13.2. The SMILES string of the molecule is Cc1cc(F)c(Cl)c(C(C)(C)C)c1. The Morgan fingerprint density at radius 1 is 1.23 bits per heavy atom. The van der Waals surface area contributed by atoms with E-state index in [0.717, 1.165) is 11.1 Å². The number of halogens is 2. The van der Waals surface area contributed by atoms with Gasteiger partial charge in [-0.05, 0) is 29.5 Å². The minimum atomic E-state index is -0.327. The first kappa shape index (κ1) is 10.5. The summed E-state index contributed by atoms with van der Waals surface area (Å²) in [5, 5.41) is 0.248. The molecular weight excluding hydrogens is 187 g/mol. The predicted molar refractivity (Wildman–Crippen MR) is 54.8 cm³/mol. The van der Waals surface area contributed by atoms with Gasteiger partial charge < -0.3 is 0 Å². The summed E-state index contributed by atoms with van der Waals surface area (Å²) in [6, 6.07) is 3.39. The van der Waals surface area contributed by atoms with Gasteiger partial charge in [0, 0.05) is 0 Å². The quantitative estimate of drug-likeness (QED) is 0.592. The van der Waals surface area contributed by atoms with Crippen LogP contribution in [-0.4, -0.2) is 0 Å². The van der Waals surface area contributed by atoms with Crippen LogP contribution in [0.4, 0.5) is 4.39 Å². The standard InChI is InChI=1S/C11H14ClF/c1-7-5-8(11(2,3)4)10(12)9(13)6-7/h5-6H,1-4H3. The molecule has 13 heavy (non-hydrogen) atoms. The number of rotatable bonds is 0. The van der Waals surface area contributed by atoms with Gasteiger partial charge in [-0.3, -0.25) is 0 Å². The zero-order valence-electron chi connectivity index (χ0n) is 8.41. The largest absolute Gasteiger partial charge is 0.205 e. The Hall–Kier alpha value is -0.560. The van der Waals surface area contributed by atoms with E-state index in [-0.39, 0.29) is 16.3 Å². The van der Waals surface area contributed by atoms with Gasteiger partial charge in [-0.1, -0.05) is 38.4 Å². The van der Waals surface area contributed by atoms with Crippen LogP contribution in [0.2, 0.25) is 5.02 Å². The normalized spacial score (nSPS) is 11.8. The summed E-state index contributed by atoms with van der Waals surface area (Å²) in [6.07, 6.45) is 0. The van der Waals surface area contributed by atoms with Crippen molar-refractivity contribution in [3.63, 3.8) is 0 Å². The van der Waals surface area contributed by atoms with Crippen molar-refractivity contribution in [2.45, 2.75) is 33.1 Å². The molecule has 1 aromatic carbocycles. The molecule has 0 aliphatic rings. The summed E-state index contributed by atoms with van der Waals surface area (Å²) in [4.78, 5) is 0. The lowest BCUT2D eigenvalue weighted by atomic mass is 9.86. The highest BCUT2D eigenvalue weighted by molar-refractivity contribution is 6.31. The lowest BCUT2D eigenvalue weighted by Crippen LogP contribution is -2.12. The third kappa shape index (κ3) is 2.22. The molecule has 0 aliphatic heterocycles. The Bertz CT molecular complexity index is 324. The number of hydrogen-bond donors (Lipinski definition) is 0. The van der Waals surface area contributed by atoms with E-state index < -0.39 is 0 Å². The second-order valence-corrected chi connectivity index (χ2v) is 4.74. The minimum Gasteiger partial charge on any atom is -0.205 e. The van der Waals surface area contributed by atoms with Crippen LogP contribution in [0.3, 0.4) is 0 Å². The monoisotopic (exact) mass is 200 g/mol. The Labute approximate surface area is 83.7 Å². The average Bonchev–Trinajstić information content (AvgIpc) is 1.94. The van der Waals surface area contributed by atoms with E-state index in [1.165, 1.54) is 6.07 Å². The number of hydrogen-bond acceptors (Lipinski definition) is 0. The van der Waals surface area contributed by atoms with Gasteiger partial charge in [0.2, 0.25) is 0 Å². The van der Waals surface area contributed by atoms with Crippen LogP contribution in [0.15, 0.2) is 12.1 Å². The molecule has 0 aliphatic carbocycles. The fraction of sp³-hybridized carbons (Fsp3) is 0.455. The van der Waals surface area contributed by atoms with E-state index in [4.69, 9.17) is 11.6 Å².